The summed E-state index contributed by atoms with van der Waals surface area (Å²) in [7, 11) is 0. The highest BCUT2D eigenvalue weighted by molar-refractivity contribution is 7.14. The summed E-state index contributed by atoms with van der Waals surface area (Å²) in [6, 6.07) is 5.34. The molecule has 1 N–H and O–H groups in total. The highest BCUT2D eigenvalue weighted by Gasteiger charge is 2.43. The lowest BCUT2D eigenvalue weighted by Crippen LogP contribution is -2.48. The minimum Gasteiger partial charge on any atom is -0.477 e. The fourth-order valence-corrected chi connectivity index (χ4v) is 5.27. The SMILES string of the molecule is O=C(O)c1cc2c(s1)CCOC21CCN(C(=O)c2cccn3cnnc23)CC1. The van der Waals surface area contributed by atoms with Crippen molar-refractivity contribution >= 4 is 28.9 Å². The normalized spacial score (nSPS) is 18.4. The maximum Gasteiger partial charge on any atom is 0.345 e. The predicted octanol–water partition coefficient (Wildman–Crippen LogP) is 2.19. The fourth-order valence-electron chi connectivity index (χ4n) is 4.20. The van der Waals surface area contributed by atoms with E-state index >= 15 is 0 Å². The molecule has 1 amide bonds. The number of aromatic carboxylic acids is 1. The number of ether oxygens (including phenoxy) is 1. The summed E-state index contributed by atoms with van der Waals surface area (Å²) in [5.74, 6) is -0.968. The number of pyridine rings is 1. The first-order valence-corrected chi connectivity index (χ1v) is 9.97. The van der Waals surface area contributed by atoms with Crippen LogP contribution in [0.25, 0.3) is 5.65 Å². The molecule has 8 nitrogen and oxygen atoms in total. The highest BCUT2D eigenvalue weighted by atomic mass is 32.1. The van der Waals surface area contributed by atoms with Crippen LogP contribution in [0.5, 0.6) is 0 Å². The van der Waals surface area contributed by atoms with Crippen molar-refractivity contribution in [3.63, 3.8) is 0 Å². The van der Waals surface area contributed by atoms with Crippen LogP contribution in [0.4, 0.5) is 0 Å². The zero-order chi connectivity index (χ0) is 19.3. The third-order valence-corrected chi connectivity index (χ3v) is 6.81. The van der Waals surface area contributed by atoms with E-state index in [0.717, 1.165) is 16.9 Å². The zero-order valence-corrected chi connectivity index (χ0v) is 15.8. The summed E-state index contributed by atoms with van der Waals surface area (Å²) in [5, 5.41) is 17.3. The lowest BCUT2D eigenvalue weighted by molar-refractivity contribution is -0.0926. The summed E-state index contributed by atoms with van der Waals surface area (Å²) < 4.78 is 7.90. The molecular formula is C19H18N4O4S. The van der Waals surface area contributed by atoms with Gasteiger partial charge in [0.05, 0.1) is 17.8 Å². The van der Waals surface area contributed by atoms with Crippen molar-refractivity contribution in [2.45, 2.75) is 24.9 Å². The molecule has 0 saturated carbocycles. The number of rotatable bonds is 2. The van der Waals surface area contributed by atoms with E-state index in [4.69, 9.17) is 4.74 Å². The second-order valence-electron chi connectivity index (χ2n) is 7.12. The molecule has 0 aromatic carbocycles. The molecule has 5 rings (SSSR count). The molecule has 5 heterocycles. The van der Waals surface area contributed by atoms with Crippen LogP contribution < -0.4 is 0 Å². The summed E-state index contributed by atoms with van der Waals surface area (Å²) in [5.41, 5.74) is 1.58. The Morgan fingerprint density at radius 1 is 1.29 bits per heavy atom. The van der Waals surface area contributed by atoms with Gasteiger partial charge in [-0.15, -0.1) is 21.5 Å². The van der Waals surface area contributed by atoms with E-state index in [2.05, 4.69) is 10.2 Å². The van der Waals surface area contributed by atoms with E-state index in [0.29, 0.717) is 48.6 Å². The monoisotopic (exact) mass is 398 g/mol. The molecule has 3 aromatic rings. The standard InChI is InChI=1S/C19H18N4O4S/c24-17(12-2-1-6-23-11-20-21-16(12)23)22-7-4-19(5-8-22)13-10-15(18(25)26)28-14(13)3-9-27-19/h1-2,6,10-11H,3-5,7-9H2,(H,25,26). The van der Waals surface area contributed by atoms with Crippen LogP contribution in [0.2, 0.25) is 0 Å². The van der Waals surface area contributed by atoms with E-state index in [-0.39, 0.29) is 5.91 Å². The van der Waals surface area contributed by atoms with Gasteiger partial charge in [0.1, 0.15) is 11.2 Å². The second kappa shape index (κ2) is 6.39. The Balaban J connectivity index is 1.39. The van der Waals surface area contributed by atoms with Crippen LogP contribution >= 0.6 is 11.3 Å². The van der Waals surface area contributed by atoms with E-state index in [1.807, 2.05) is 17.2 Å². The van der Waals surface area contributed by atoms with Crippen LogP contribution in [0.3, 0.4) is 0 Å². The van der Waals surface area contributed by atoms with Gasteiger partial charge in [0, 0.05) is 30.6 Å². The number of thiophene rings is 1. The predicted molar refractivity (Wildman–Crippen MR) is 101 cm³/mol. The van der Waals surface area contributed by atoms with Crippen LogP contribution in [-0.2, 0) is 16.8 Å². The number of piperidine rings is 1. The minimum atomic E-state index is -0.899. The molecule has 2 aliphatic heterocycles. The molecule has 0 unspecified atom stereocenters. The second-order valence-corrected chi connectivity index (χ2v) is 8.26. The molecule has 0 atom stereocenters. The quantitative estimate of drug-likeness (QED) is 0.711. The van der Waals surface area contributed by atoms with Crippen LogP contribution in [0.15, 0.2) is 30.7 Å². The first-order chi connectivity index (χ1) is 13.6. The molecule has 144 valence electrons. The largest absolute Gasteiger partial charge is 0.477 e. The number of hydrogen-bond donors (Lipinski definition) is 1. The van der Waals surface area contributed by atoms with Gasteiger partial charge < -0.3 is 14.7 Å². The first-order valence-electron chi connectivity index (χ1n) is 9.15. The third kappa shape index (κ3) is 2.61. The Bertz CT molecular complexity index is 1080. The number of nitrogens with zero attached hydrogens (tertiary/aromatic N) is 4. The smallest absolute Gasteiger partial charge is 0.345 e. The van der Waals surface area contributed by atoms with Gasteiger partial charge in [-0.25, -0.2) is 4.79 Å². The number of carboxylic acids is 1. The summed E-state index contributed by atoms with van der Waals surface area (Å²) in [4.78, 5) is 27.7. The number of carboxylic acid groups (broad SMARTS) is 1. The van der Waals surface area contributed by atoms with E-state index in [9.17, 15) is 14.7 Å². The van der Waals surface area contributed by atoms with Crippen LogP contribution in [-0.4, -0.2) is 56.2 Å². The van der Waals surface area contributed by atoms with E-state index < -0.39 is 11.6 Å². The molecule has 1 saturated heterocycles. The Morgan fingerprint density at radius 2 is 2.11 bits per heavy atom. The minimum absolute atomic E-state index is 0.0685. The van der Waals surface area contributed by atoms with Crippen LogP contribution in [0, 0.1) is 0 Å². The van der Waals surface area contributed by atoms with Crippen molar-refractivity contribution in [2.75, 3.05) is 19.7 Å². The van der Waals surface area contributed by atoms with Crippen molar-refractivity contribution in [3.8, 4) is 0 Å². The Kier molecular flexibility index (Phi) is 3.95. The molecule has 0 bridgehead atoms. The number of aromatic nitrogens is 3. The van der Waals surface area contributed by atoms with Crippen molar-refractivity contribution in [1.82, 2.24) is 19.5 Å². The van der Waals surface area contributed by atoms with Crippen LogP contribution in [0.1, 0.15) is 43.3 Å². The third-order valence-electron chi connectivity index (χ3n) is 5.63. The number of fused-ring (bicyclic) bond motifs is 3. The average molecular weight is 398 g/mol. The van der Waals surface area contributed by atoms with E-state index in [1.54, 1.807) is 22.9 Å². The molecule has 1 spiro atoms. The first kappa shape index (κ1) is 17.3. The number of carbonyl (C=O) groups excluding carboxylic acids is 1. The van der Waals surface area contributed by atoms with Crippen molar-refractivity contribution < 1.29 is 19.4 Å². The maximum atomic E-state index is 13.1. The fraction of sp³-hybridized carbons (Fsp3) is 0.368. The van der Waals surface area contributed by atoms with Gasteiger partial charge in [-0.3, -0.25) is 9.20 Å². The Morgan fingerprint density at radius 3 is 2.89 bits per heavy atom. The molecule has 0 aliphatic carbocycles. The van der Waals surface area contributed by atoms with Gasteiger partial charge in [0.2, 0.25) is 0 Å². The Labute approximate surface area is 164 Å². The lowest BCUT2D eigenvalue weighted by atomic mass is 9.82. The molecule has 28 heavy (non-hydrogen) atoms. The molecule has 2 aliphatic rings. The number of hydrogen-bond acceptors (Lipinski definition) is 6. The topological polar surface area (TPSA) is 97.0 Å². The molecule has 9 heteroatoms. The summed E-state index contributed by atoms with van der Waals surface area (Å²) in [6.45, 7) is 1.68. The van der Waals surface area contributed by atoms with Gasteiger partial charge >= 0.3 is 5.97 Å². The van der Waals surface area contributed by atoms with Gasteiger partial charge in [0.15, 0.2) is 5.65 Å². The summed E-state index contributed by atoms with van der Waals surface area (Å²) >= 11 is 1.34. The summed E-state index contributed by atoms with van der Waals surface area (Å²) in [6.07, 6.45) is 5.43. The number of carbonyl (C=O) groups is 2. The molecular weight excluding hydrogens is 380 g/mol. The molecule has 1 fully saturated rings. The van der Waals surface area contributed by atoms with E-state index in [1.165, 1.54) is 11.3 Å². The number of likely N-dealkylation sites (tertiary alicyclic amines) is 1. The number of amides is 1. The molecule has 0 radical (unpaired) electrons. The van der Waals surface area contributed by atoms with Gasteiger partial charge in [-0.05, 0) is 36.6 Å². The molecule has 3 aromatic heterocycles. The maximum absolute atomic E-state index is 13.1. The van der Waals surface area contributed by atoms with Gasteiger partial charge in [-0.1, -0.05) is 0 Å². The van der Waals surface area contributed by atoms with Crippen molar-refractivity contribution in [3.05, 3.63) is 51.6 Å². The van der Waals surface area contributed by atoms with Crippen molar-refractivity contribution in [1.29, 1.82) is 0 Å². The van der Waals surface area contributed by atoms with Gasteiger partial charge in [0.25, 0.3) is 5.91 Å². The van der Waals surface area contributed by atoms with Crippen molar-refractivity contribution in [2.24, 2.45) is 0 Å². The lowest BCUT2D eigenvalue weighted by Gasteiger charge is -2.44. The Hall–Kier alpha value is -2.78. The average Bonchev–Trinajstić information content (AvgIpc) is 3.36. The highest BCUT2D eigenvalue weighted by Crippen LogP contribution is 2.44. The van der Waals surface area contributed by atoms with Gasteiger partial charge in [-0.2, -0.15) is 0 Å². The zero-order valence-electron chi connectivity index (χ0n) is 15.0.